The van der Waals surface area contributed by atoms with Crippen molar-refractivity contribution < 1.29 is 9.53 Å². The average molecular weight is 392 g/mol. The van der Waals surface area contributed by atoms with Gasteiger partial charge in [0.25, 0.3) is 0 Å². The van der Waals surface area contributed by atoms with Crippen molar-refractivity contribution in [3.63, 3.8) is 0 Å². The second-order valence-corrected chi connectivity index (χ2v) is 8.19. The van der Waals surface area contributed by atoms with Crippen LogP contribution in [0.3, 0.4) is 0 Å². The summed E-state index contributed by atoms with van der Waals surface area (Å²) in [5, 5.41) is 7.95. The maximum Gasteiger partial charge on any atom is 0.240 e. The highest BCUT2D eigenvalue weighted by Gasteiger charge is 2.43. The van der Waals surface area contributed by atoms with Gasteiger partial charge in [-0.25, -0.2) is 0 Å². The van der Waals surface area contributed by atoms with Gasteiger partial charge in [0.05, 0.1) is 7.11 Å². The van der Waals surface area contributed by atoms with Gasteiger partial charge in [0.15, 0.2) is 0 Å². The third-order valence-electron chi connectivity index (χ3n) is 5.64. The standard InChI is InChI=1S/C24H29N3O2/c1-17(2)26-23(28)16-27-15-18(21-6-4-5-7-22(21)27)14-25-24(12-13-24)19-8-10-20(29-3)11-9-19/h4-11,15,17,25H,12-14,16H2,1-3H3,(H,26,28). The molecule has 1 saturated carbocycles. The number of ether oxygens (including phenoxy) is 1. The van der Waals surface area contributed by atoms with Crippen molar-refractivity contribution in [3.8, 4) is 5.75 Å². The predicted molar refractivity (Wildman–Crippen MR) is 116 cm³/mol. The lowest BCUT2D eigenvalue weighted by Gasteiger charge is -2.18. The summed E-state index contributed by atoms with van der Waals surface area (Å²) in [7, 11) is 1.69. The molecule has 0 aliphatic heterocycles. The average Bonchev–Trinajstić information content (AvgIpc) is 3.43. The number of hydrogen-bond donors (Lipinski definition) is 2. The molecule has 1 fully saturated rings. The zero-order valence-electron chi connectivity index (χ0n) is 17.4. The van der Waals surface area contributed by atoms with Gasteiger partial charge in [-0.3, -0.25) is 4.79 Å². The normalized spacial score (nSPS) is 14.9. The van der Waals surface area contributed by atoms with Crippen molar-refractivity contribution in [3.05, 3.63) is 65.9 Å². The molecule has 2 aromatic carbocycles. The first-order chi connectivity index (χ1) is 14.0. The van der Waals surface area contributed by atoms with Gasteiger partial charge in [0.1, 0.15) is 12.3 Å². The topological polar surface area (TPSA) is 55.3 Å². The minimum Gasteiger partial charge on any atom is -0.497 e. The number of benzene rings is 2. The number of amides is 1. The molecule has 1 aromatic heterocycles. The van der Waals surface area contributed by atoms with Gasteiger partial charge in [-0.05, 0) is 56.0 Å². The van der Waals surface area contributed by atoms with E-state index in [0.29, 0.717) is 6.54 Å². The highest BCUT2D eigenvalue weighted by atomic mass is 16.5. The molecule has 0 atom stereocenters. The molecule has 3 aromatic rings. The van der Waals surface area contributed by atoms with Crippen molar-refractivity contribution in [1.82, 2.24) is 15.2 Å². The van der Waals surface area contributed by atoms with Crippen LogP contribution in [0.15, 0.2) is 54.7 Å². The Hall–Kier alpha value is -2.79. The van der Waals surface area contributed by atoms with Crippen LogP contribution in [0, 0.1) is 0 Å². The lowest BCUT2D eigenvalue weighted by Crippen LogP contribution is -2.33. The monoisotopic (exact) mass is 391 g/mol. The first kappa shape index (κ1) is 19.5. The van der Waals surface area contributed by atoms with Gasteiger partial charge in [0, 0.05) is 35.2 Å². The van der Waals surface area contributed by atoms with Gasteiger partial charge in [-0.2, -0.15) is 0 Å². The highest BCUT2D eigenvalue weighted by Crippen LogP contribution is 2.46. The molecule has 1 aliphatic carbocycles. The van der Waals surface area contributed by atoms with Crippen LogP contribution in [0.5, 0.6) is 5.75 Å². The second kappa shape index (κ2) is 7.91. The van der Waals surface area contributed by atoms with Gasteiger partial charge in [-0.15, -0.1) is 0 Å². The molecule has 0 radical (unpaired) electrons. The SMILES string of the molecule is COc1ccc(C2(NCc3cn(CC(=O)NC(C)C)c4ccccc34)CC2)cc1. The fourth-order valence-corrected chi connectivity index (χ4v) is 3.98. The Kier molecular flexibility index (Phi) is 5.33. The van der Waals surface area contributed by atoms with Gasteiger partial charge >= 0.3 is 0 Å². The van der Waals surface area contributed by atoms with Crippen LogP contribution in [0.1, 0.15) is 37.8 Å². The first-order valence-electron chi connectivity index (χ1n) is 10.3. The molecular weight excluding hydrogens is 362 g/mol. The molecule has 1 amide bonds. The summed E-state index contributed by atoms with van der Waals surface area (Å²) in [6.45, 7) is 5.07. The second-order valence-electron chi connectivity index (χ2n) is 8.19. The van der Waals surface area contributed by atoms with E-state index >= 15 is 0 Å². The molecule has 5 heteroatoms. The molecule has 0 unspecified atom stereocenters. The lowest BCUT2D eigenvalue weighted by atomic mass is 10.0. The molecule has 0 spiro atoms. The fraction of sp³-hybridized carbons (Fsp3) is 0.375. The zero-order chi connectivity index (χ0) is 20.4. The summed E-state index contributed by atoms with van der Waals surface area (Å²) in [5.74, 6) is 0.921. The molecule has 5 nitrogen and oxygen atoms in total. The summed E-state index contributed by atoms with van der Waals surface area (Å²) < 4.78 is 7.33. The quantitative estimate of drug-likeness (QED) is 0.611. The number of carbonyl (C=O) groups excluding carboxylic acids is 1. The first-order valence-corrected chi connectivity index (χ1v) is 10.3. The highest BCUT2D eigenvalue weighted by molar-refractivity contribution is 5.86. The van der Waals surface area contributed by atoms with Crippen molar-refractivity contribution in [2.24, 2.45) is 0 Å². The molecular formula is C24H29N3O2. The van der Waals surface area contributed by atoms with E-state index < -0.39 is 0 Å². The number of nitrogens with zero attached hydrogens (tertiary/aromatic N) is 1. The van der Waals surface area contributed by atoms with Crippen LogP contribution in [0.2, 0.25) is 0 Å². The minimum absolute atomic E-state index is 0.0390. The third kappa shape index (κ3) is 4.15. The van der Waals surface area contributed by atoms with Crippen molar-refractivity contribution >= 4 is 16.8 Å². The molecule has 0 bridgehead atoms. The molecule has 0 saturated heterocycles. The Labute approximate surface area is 172 Å². The van der Waals surface area contributed by atoms with Crippen molar-refractivity contribution in [2.45, 2.75) is 51.4 Å². The smallest absolute Gasteiger partial charge is 0.240 e. The van der Waals surface area contributed by atoms with Crippen molar-refractivity contribution in [2.75, 3.05) is 7.11 Å². The summed E-state index contributed by atoms with van der Waals surface area (Å²) in [6.07, 6.45) is 4.38. The largest absolute Gasteiger partial charge is 0.497 e. The van der Waals surface area contributed by atoms with E-state index in [4.69, 9.17) is 4.74 Å². The number of nitrogens with one attached hydrogen (secondary N) is 2. The summed E-state index contributed by atoms with van der Waals surface area (Å²) in [4.78, 5) is 12.3. The Morgan fingerprint density at radius 2 is 1.86 bits per heavy atom. The van der Waals surface area contributed by atoms with Gasteiger partial charge in [-0.1, -0.05) is 30.3 Å². The van der Waals surface area contributed by atoms with Crippen LogP contribution in [0.4, 0.5) is 0 Å². The number of rotatable bonds is 8. The van der Waals surface area contributed by atoms with E-state index in [2.05, 4.69) is 51.7 Å². The molecule has 1 aliphatic rings. The molecule has 152 valence electrons. The Balaban J connectivity index is 1.53. The van der Waals surface area contributed by atoms with E-state index in [1.807, 2.05) is 32.0 Å². The lowest BCUT2D eigenvalue weighted by molar-refractivity contribution is -0.122. The van der Waals surface area contributed by atoms with Crippen LogP contribution in [-0.2, 0) is 23.4 Å². The summed E-state index contributed by atoms with van der Waals surface area (Å²) in [5.41, 5.74) is 3.67. The van der Waals surface area contributed by atoms with Crippen LogP contribution in [-0.4, -0.2) is 23.6 Å². The van der Waals surface area contributed by atoms with Crippen LogP contribution in [0.25, 0.3) is 10.9 Å². The predicted octanol–water partition coefficient (Wildman–Crippen LogP) is 3.95. The van der Waals surface area contributed by atoms with E-state index in [1.54, 1.807) is 7.11 Å². The maximum absolute atomic E-state index is 12.3. The molecule has 2 N–H and O–H groups in total. The minimum atomic E-state index is 0.0390. The number of para-hydroxylation sites is 1. The number of methoxy groups -OCH3 is 1. The Morgan fingerprint density at radius 3 is 2.52 bits per heavy atom. The van der Waals surface area contributed by atoms with Crippen LogP contribution >= 0.6 is 0 Å². The van der Waals surface area contributed by atoms with Crippen molar-refractivity contribution in [1.29, 1.82) is 0 Å². The maximum atomic E-state index is 12.3. The number of aromatic nitrogens is 1. The molecule has 29 heavy (non-hydrogen) atoms. The Bertz CT molecular complexity index is 1000. The van der Waals surface area contributed by atoms with Gasteiger partial charge in [0.2, 0.25) is 5.91 Å². The molecule has 4 rings (SSSR count). The van der Waals surface area contributed by atoms with E-state index in [-0.39, 0.29) is 17.5 Å². The van der Waals surface area contributed by atoms with E-state index in [1.165, 1.54) is 16.5 Å². The number of carbonyl (C=O) groups is 1. The number of hydrogen-bond acceptors (Lipinski definition) is 3. The summed E-state index contributed by atoms with van der Waals surface area (Å²) in [6, 6.07) is 16.8. The van der Waals surface area contributed by atoms with Gasteiger partial charge < -0.3 is 19.9 Å². The van der Waals surface area contributed by atoms with E-state index in [9.17, 15) is 4.79 Å². The fourth-order valence-electron chi connectivity index (χ4n) is 3.98. The Morgan fingerprint density at radius 1 is 1.14 bits per heavy atom. The number of fused-ring (bicyclic) bond motifs is 1. The third-order valence-corrected chi connectivity index (χ3v) is 5.64. The van der Waals surface area contributed by atoms with Crippen LogP contribution < -0.4 is 15.4 Å². The van der Waals surface area contributed by atoms with E-state index in [0.717, 1.165) is 30.7 Å². The zero-order valence-corrected chi connectivity index (χ0v) is 17.4. The molecule has 1 heterocycles. The summed E-state index contributed by atoms with van der Waals surface area (Å²) >= 11 is 0.